The number of nitrogens with zero attached hydrogens (tertiary/aromatic N) is 6. The molecule has 0 bridgehead atoms. The molecule has 1 aliphatic carbocycles. The van der Waals surface area contributed by atoms with Crippen LogP contribution in [0.3, 0.4) is 0 Å². The van der Waals surface area contributed by atoms with Crippen molar-refractivity contribution >= 4 is 33.9 Å². The van der Waals surface area contributed by atoms with E-state index in [4.69, 9.17) is 11.6 Å². The van der Waals surface area contributed by atoms with Gasteiger partial charge < -0.3 is 10.6 Å². The van der Waals surface area contributed by atoms with Crippen LogP contribution in [0.4, 0.5) is 11.4 Å². The molecule has 9 heteroatoms. The van der Waals surface area contributed by atoms with E-state index in [2.05, 4.69) is 100 Å². The lowest BCUT2D eigenvalue weighted by molar-refractivity contribution is 0.0866. The summed E-state index contributed by atoms with van der Waals surface area (Å²) in [4.78, 5) is 7.13. The van der Waals surface area contributed by atoms with Gasteiger partial charge >= 0.3 is 0 Å². The first kappa shape index (κ1) is 30.2. The van der Waals surface area contributed by atoms with Gasteiger partial charge in [0, 0.05) is 35.9 Å². The van der Waals surface area contributed by atoms with E-state index in [-0.39, 0.29) is 17.6 Å². The molecule has 1 unspecified atom stereocenters. The van der Waals surface area contributed by atoms with Gasteiger partial charge in [0.25, 0.3) is 0 Å². The van der Waals surface area contributed by atoms with E-state index in [1.54, 1.807) is 6.20 Å². The predicted octanol–water partition coefficient (Wildman–Crippen LogP) is 8.09. The summed E-state index contributed by atoms with van der Waals surface area (Å²) < 4.78 is 2.05. The fourth-order valence-electron chi connectivity index (χ4n) is 7.01. The van der Waals surface area contributed by atoms with Crippen molar-refractivity contribution in [2.24, 2.45) is 0 Å². The first-order chi connectivity index (χ1) is 22.3. The Kier molecular flexibility index (Phi) is 8.14. The van der Waals surface area contributed by atoms with E-state index < -0.39 is 0 Å². The summed E-state index contributed by atoms with van der Waals surface area (Å²) in [5, 5.41) is 28.1. The Balaban J connectivity index is 1.22. The molecule has 2 atom stereocenters. The van der Waals surface area contributed by atoms with E-state index in [1.807, 2.05) is 35.0 Å². The molecular formula is C37H39ClN8. The fraction of sp³-hybridized carbons (Fsp3) is 0.351. The van der Waals surface area contributed by atoms with Crippen molar-refractivity contribution in [1.82, 2.24) is 24.9 Å². The van der Waals surface area contributed by atoms with E-state index in [0.717, 1.165) is 66.8 Å². The van der Waals surface area contributed by atoms with Crippen LogP contribution in [0, 0.1) is 11.3 Å². The Labute approximate surface area is 275 Å². The molecule has 0 saturated carbocycles. The number of aryl methyl sites for hydroxylation is 1. The van der Waals surface area contributed by atoms with Crippen LogP contribution >= 0.6 is 11.6 Å². The SMILES string of the molecule is CC(C)(C)N1CCC(n2cc([C@@H](Nc3cc(Cl)c4ncc(C#N)c(NC5CCc6ccccc65)c4c3)c3ccccc3)nn2)CC1. The fourth-order valence-corrected chi connectivity index (χ4v) is 7.28. The molecule has 0 spiro atoms. The van der Waals surface area contributed by atoms with E-state index in [1.165, 1.54) is 11.1 Å². The van der Waals surface area contributed by atoms with Crippen LogP contribution in [-0.2, 0) is 6.42 Å². The van der Waals surface area contributed by atoms with Gasteiger partial charge in [0.2, 0.25) is 0 Å². The number of rotatable bonds is 7. The highest BCUT2D eigenvalue weighted by Crippen LogP contribution is 2.40. The molecule has 8 nitrogen and oxygen atoms in total. The lowest BCUT2D eigenvalue weighted by Crippen LogP contribution is -2.46. The van der Waals surface area contributed by atoms with Gasteiger partial charge in [-0.05, 0) is 75.3 Å². The number of nitriles is 1. The minimum atomic E-state index is -0.261. The van der Waals surface area contributed by atoms with Gasteiger partial charge in [-0.15, -0.1) is 5.10 Å². The van der Waals surface area contributed by atoms with Crippen molar-refractivity contribution in [1.29, 1.82) is 5.26 Å². The lowest BCUT2D eigenvalue weighted by Gasteiger charge is -2.40. The Morgan fingerprint density at radius 3 is 2.52 bits per heavy atom. The van der Waals surface area contributed by atoms with Crippen molar-refractivity contribution in [3.63, 3.8) is 0 Å². The molecule has 46 heavy (non-hydrogen) atoms. The molecule has 5 aromatic rings. The number of pyridine rings is 1. The van der Waals surface area contributed by atoms with Crippen molar-refractivity contribution in [2.75, 3.05) is 23.7 Å². The number of aromatic nitrogens is 4. The number of halogens is 1. The summed E-state index contributed by atoms with van der Waals surface area (Å²) in [6, 6.07) is 25.2. The summed E-state index contributed by atoms with van der Waals surface area (Å²) in [6.45, 7) is 8.92. The highest BCUT2D eigenvalue weighted by atomic mass is 35.5. The third-order valence-electron chi connectivity index (χ3n) is 9.55. The van der Waals surface area contributed by atoms with Gasteiger partial charge in [-0.25, -0.2) is 4.68 Å². The summed E-state index contributed by atoms with van der Waals surface area (Å²) in [7, 11) is 0. The smallest absolute Gasteiger partial charge is 0.109 e. The molecule has 3 aromatic carbocycles. The second-order valence-corrected chi connectivity index (χ2v) is 13.9. The number of hydrogen-bond acceptors (Lipinski definition) is 7. The van der Waals surface area contributed by atoms with Crippen molar-refractivity contribution in [3.05, 3.63) is 112 Å². The zero-order valence-corrected chi connectivity index (χ0v) is 27.3. The van der Waals surface area contributed by atoms with E-state index in [9.17, 15) is 5.26 Å². The summed E-state index contributed by atoms with van der Waals surface area (Å²) >= 11 is 6.90. The van der Waals surface area contributed by atoms with Gasteiger partial charge in [-0.1, -0.05) is 71.4 Å². The van der Waals surface area contributed by atoms with Gasteiger partial charge in [-0.2, -0.15) is 5.26 Å². The number of likely N-dealkylation sites (tertiary alicyclic amines) is 1. The predicted molar refractivity (Wildman–Crippen MR) is 184 cm³/mol. The number of fused-ring (bicyclic) bond motifs is 2. The van der Waals surface area contributed by atoms with E-state index in [0.29, 0.717) is 22.1 Å². The minimum Gasteiger partial charge on any atom is -0.377 e. The van der Waals surface area contributed by atoms with Crippen LogP contribution in [0.15, 0.2) is 79.1 Å². The number of anilines is 2. The van der Waals surface area contributed by atoms with Crippen LogP contribution in [0.2, 0.25) is 5.02 Å². The van der Waals surface area contributed by atoms with E-state index >= 15 is 0 Å². The van der Waals surface area contributed by atoms with Crippen molar-refractivity contribution < 1.29 is 0 Å². The molecular weight excluding hydrogens is 592 g/mol. The molecule has 2 aromatic heterocycles. The quantitative estimate of drug-likeness (QED) is 0.188. The third-order valence-corrected chi connectivity index (χ3v) is 9.84. The summed E-state index contributed by atoms with van der Waals surface area (Å²) in [5.41, 5.74) is 7.40. The molecule has 2 aliphatic rings. The zero-order chi connectivity index (χ0) is 31.8. The highest BCUT2D eigenvalue weighted by molar-refractivity contribution is 6.35. The standard InChI is InChI=1S/C37H39ClN8/c1-37(2,3)45-17-15-28(16-18-45)46-23-33(43-44-46)35(25-10-5-4-6-11-25)41-27-19-30-34(26(21-39)22-40-36(30)31(38)20-27)42-32-14-13-24-9-7-8-12-29(24)32/h4-12,19-20,22-23,28,32,35,41H,13-18H2,1-3H3,(H,40,42)/t32?,35-/m0/s1. The molecule has 0 amide bonds. The second kappa shape index (κ2) is 12.4. The van der Waals surface area contributed by atoms with Gasteiger partial charge in [-0.3, -0.25) is 9.88 Å². The number of piperidine rings is 1. The topological polar surface area (TPSA) is 94.7 Å². The van der Waals surface area contributed by atoms with Crippen molar-refractivity contribution in [2.45, 2.75) is 70.1 Å². The van der Waals surface area contributed by atoms with Crippen LogP contribution in [0.5, 0.6) is 0 Å². The monoisotopic (exact) mass is 630 g/mol. The second-order valence-electron chi connectivity index (χ2n) is 13.4. The number of benzene rings is 3. The molecule has 1 aliphatic heterocycles. The molecule has 1 fully saturated rings. The Morgan fingerprint density at radius 1 is 1.00 bits per heavy atom. The summed E-state index contributed by atoms with van der Waals surface area (Å²) in [5.74, 6) is 0. The molecule has 0 radical (unpaired) electrons. The molecule has 2 N–H and O–H groups in total. The average Bonchev–Trinajstić information content (AvgIpc) is 3.72. The number of hydrogen-bond donors (Lipinski definition) is 2. The normalized spacial score (nSPS) is 17.8. The summed E-state index contributed by atoms with van der Waals surface area (Å²) in [6.07, 6.45) is 7.74. The maximum Gasteiger partial charge on any atom is 0.109 e. The van der Waals surface area contributed by atoms with Crippen LogP contribution in [0.25, 0.3) is 10.9 Å². The van der Waals surface area contributed by atoms with Gasteiger partial charge in [0.15, 0.2) is 0 Å². The Bertz CT molecular complexity index is 1900. The van der Waals surface area contributed by atoms with Gasteiger partial charge in [0.1, 0.15) is 11.8 Å². The molecule has 1 saturated heterocycles. The molecule has 7 rings (SSSR count). The van der Waals surface area contributed by atoms with Crippen LogP contribution < -0.4 is 10.6 Å². The first-order valence-corrected chi connectivity index (χ1v) is 16.5. The van der Waals surface area contributed by atoms with Crippen LogP contribution in [-0.4, -0.2) is 43.5 Å². The largest absolute Gasteiger partial charge is 0.377 e. The number of nitrogens with one attached hydrogen (secondary N) is 2. The minimum absolute atomic E-state index is 0.103. The van der Waals surface area contributed by atoms with Crippen LogP contribution in [0.1, 0.15) is 86.1 Å². The zero-order valence-electron chi connectivity index (χ0n) is 26.5. The Hall–Kier alpha value is -4.45. The molecule has 3 heterocycles. The van der Waals surface area contributed by atoms with Gasteiger partial charge in [0.05, 0.1) is 46.1 Å². The lowest BCUT2D eigenvalue weighted by atomic mass is 9.98. The Morgan fingerprint density at radius 2 is 1.76 bits per heavy atom. The maximum absolute atomic E-state index is 10.1. The maximum atomic E-state index is 10.1. The van der Waals surface area contributed by atoms with Crippen molar-refractivity contribution in [3.8, 4) is 6.07 Å². The third kappa shape index (κ3) is 5.93. The molecule has 234 valence electrons. The average molecular weight is 631 g/mol. The first-order valence-electron chi connectivity index (χ1n) is 16.1. The highest BCUT2D eigenvalue weighted by Gasteiger charge is 2.29.